The fraction of sp³-hybridized carbons (Fsp3) is 0.152. The lowest BCUT2D eigenvalue weighted by Crippen LogP contribution is -2.08. The van der Waals surface area contributed by atoms with Crippen LogP contribution in [0.2, 0.25) is 0 Å². The van der Waals surface area contributed by atoms with E-state index >= 15 is 4.57 Å². The van der Waals surface area contributed by atoms with E-state index in [1.165, 1.54) is 0 Å². The Bertz CT molecular complexity index is 1650. The average Bonchev–Trinajstić information content (AvgIpc) is 3.56. The predicted molar refractivity (Wildman–Crippen MR) is 158 cm³/mol. The molecule has 6 rings (SSSR count). The van der Waals surface area contributed by atoms with Gasteiger partial charge in [0.2, 0.25) is 0 Å². The van der Waals surface area contributed by atoms with E-state index in [9.17, 15) is 0 Å². The average molecular weight is 535 g/mol. The number of nitrogens with one attached hydrogen (secondary N) is 2. The van der Waals surface area contributed by atoms with Crippen LogP contribution >= 0.6 is 7.60 Å². The normalized spacial score (nSPS) is 12.1. The molecule has 39 heavy (non-hydrogen) atoms. The highest BCUT2D eigenvalue weighted by atomic mass is 31.2. The Morgan fingerprint density at radius 1 is 0.641 bits per heavy atom. The fourth-order valence-corrected chi connectivity index (χ4v) is 7.29. The highest BCUT2D eigenvalue weighted by Gasteiger charge is 2.41. The molecule has 0 radical (unpaired) electrons. The van der Waals surface area contributed by atoms with Crippen LogP contribution in [-0.2, 0) is 26.8 Å². The zero-order chi connectivity index (χ0) is 26.8. The maximum atomic E-state index is 15.2. The molecule has 2 N–H and O–H groups in total. The van der Waals surface area contributed by atoms with Gasteiger partial charge < -0.3 is 19.0 Å². The molecular weight excluding hydrogens is 503 g/mol. The van der Waals surface area contributed by atoms with Gasteiger partial charge in [0.25, 0.3) is 0 Å². The molecule has 2 heterocycles. The first kappa shape index (κ1) is 25.4. The van der Waals surface area contributed by atoms with Gasteiger partial charge >= 0.3 is 7.60 Å². The van der Waals surface area contributed by atoms with Crippen molar-refractivity contribution in [3.05, 3.63) is 143 Å². The largest absolute Gasteiger partial charge is 0.361 e. The van der Waals surface area contributed by atoms with Crippen LogP contribution in [0.25, 0.3) is 21.8 Å². The third-order valence-electron chi connectivity index (χ3n) is 7.15. The number of H-pyrrole nitrogens is 2. The summed E-state index contributed by atoms with van der Waals surface area (Å²) < 4.78 is 28.0. The van der Waals surface area contributed by atoms with Crippen molar-refractivity contribution in [1.82, 2.24) is 9.97 Å². The minimum Gasteiger partial charge on any atom is -0.361 e. The zero-order valence-electron chi connectivity index (χ0n) is 22.1. The van der Waals surface area contributed by atoms with Gasteiger partial charge in [-0.3, -0.25) is 4.57 Å². The Kier molecular flexibility index (Phi) is 6.97. The molecule has 0 saturated carbocycles. The van der Waals surface area contributed by atoms with Crippen LogP contribution < -0.4 is 0 Å². The van der Waals surface area contributed by atoms with Crippen LogP contribution in [0.4, 0.5) is 0 Å². The van der Waals surface area contributed by atoms with Crippen molar-refractivity contribution in [3.63, 3.8) is 0 Å². The van der Waals surface area contributed by atoms with E-state index in [0.29, 0.717) is 0 Å². The van der Waals surface area contributed by atoms with Gasteiger partial charge in [0, 0.05) is 34.2 Å². The van der Waals surface area contributed by atoms with Crippen LogP contribution in [-0.4, -0.2) is 9.97 Å². The molecule has 0 atom stereocenters. The summed E-state index contributed by atoms with van der Waals surface area (Å²) in [5, 5.41) is 2.00. The molecule has 0 aliphatic carbocycles. The van der Waals surface area contributed by atoms with E-state index in [2.05, 4.69) is 60.2 Å². The Labute approximate surface area is 228 Å². The number of fused-ring (bicyclic) bond motifs is 2. The van der Waals surface area contributed by atoms with Crippen molar-refractivity contribution in [2.45, 2.75) is 32.7 Å². The van der Waals surface area contributed by atoms with E-state index in [4.69, 9.17) is 9.05 Å². The smallest absolute Gasteiger partial charge is 0.343 e. The number of aromatic amines is 2. The lowest BCUT2D eigenvalue weighted by molar-refractivity contribution is 0.186. The minimum atomic E-state index is -3.81. The van der Waals surface area contributed by atoms with Gasteiger partial charge in [0.05, 0.1) is 13.2 Å². The Morgan fingerprint density at radius 2 is 1.08 bits per heavy atom. The number of aryl methyl sites for hydroxylation is 2. The number of hydrogen-bond acceptors (Lipinski definition) is 3. The van der Waals surface area contributed by atoms with Gasteiger partial charge in [-0.05, 0) is 59.4 Å². The van der Waals surface area contributed by atoms with Crippen molar-refractivity contribution in [1.29, 1.82) is 0 Å². The second kappa shape index (κ2) is 10.7. The molecule has 0 amide bonds. The van der Waals surface area contributed by atoms with E-state index in [1.807, 2.05) is 73.1 Å². The number of hydrogen-bond donors (Lipinski definition) is 2. The van der Waals surface area contributed by atoms with E-state index in [0.717, 1.165) is 55.2 Å². The lowest BCUT2D eigenvalue weighted by Gasteiger charge is -2.27. The van der Waals surface area contributed by atoms with Crippen LogP contribution in [0.1, 0.15) is 39.0 Å². The van der Waals surface area contributed by atoms with Gasteiger partial charge in [-0.25, -0.2) is 0 Å². The van der Waals surface area contributed by atoms with Crippen molar-refractivity contribution in [3.8, 4) is 0 Å². The van der Waals surface area contributed by atoms with Crippen LogP contribution in [0, 0.1) is 13.8 Å². The van der Waals surface area contributed by atoms with Gasteiger partial charge in [-0.15, -0.1) is 0 Å². The molecule has 6 aromatic rings. The summed E-state index contributed by atoms with van der Waals surface area (Å²) in [4.78, 5) is 6.81. The molecule has 0 saturated heterocycles. The molecule has 0 aliphatic heterocycles. The molecule has 2 aromatic heterocycles. The number of aromatic nitrogens is 2. The Hall–Kier alpha value is -3.89. The van der Waals surface area contributed by atoms with Crippen molar-refractivity contribution in [2.24, 2.45) is 0 Å². The van der Waals surface area contributed by atoms with E-state index < -0.39 is 13.3 Å². The standard InChI is InChI=1S/C33H31N2O3P/c1-23-13-15-27-29(19-34-31(27)17-23)33(30-20-35-32-18-24(2)14-16-28(30)32)39(36,37-21-25-9-5-3-6-10-25)38-22-26-11-7-4-8-12-26/h3-20,33-35H,21-22H2,1-2H3. The molecule has 0 fully saturated rings. The molecule has 4 aromatic carbocycles. The summed E-state index contributed by atoms with van der Waals surface area (Å²) in [7, 11) is -3.81. The van der Waals surface area contributed by atoms with Gasteiger partial charge in [-0.2, -0.15) is 0 Å². The molecule has 6 heteroatoms. The van der Waals surface area contributed by atoms with Gasteiger partial charge in [-0.1, -0.05) is 84.9 Å². The first-order valence-electron chi connectivity index (χ1n) is 13.1. The quantitative estimate of drug-likeness (QED) is 0.182. The van der Waals surface area contributed by atoms with Crippen molar-refractivity contribution >= 4 is 29.4 Å². The monoisotopic (exact) mass is 534 g/mol. The first-order chi connectivity index (χ1) is 19.0. The maximum Gasteiger partial charge on any atom is 0.343 e. The summed E-state index contributed by atoms with van der Waals surface area (Å²) in [6.07, 6.45) is 3.90. The maximum absolute atomic E-state index is 15.2. The fourth-order valence-electron chi connectivity index (χ4n) is 5.15. The second-order valence-electron chi connectivity index (χ2n) is 10.0. The highest BCUT2D eigenvalue weighted by Crippen LogP contribution is 2.66. The summed E-state index contributed by atoms with van der Waals surface area (Å²) in [6.45, 7) is 4.48. The Morgan fingerprint density at radius 3 is 1.51 bits per heavy atom. The van der Waals surface area contributed by atoms with Crippen LogP contribution in [0.5, 0.6) is 0 Å². The van der Waals surface area contributed by atoms with Crippen molar-refractivity contribution < 1.29 is 13.6 Å². The predicted octanol–water partition coefficient (Wildman–Crippen LogP) is 8.98. The molecule has 0 spiro atoms. The molecule has 0 aliphatic rings. The highest BCUT2D eigenvalue weighted by molar-refractivity contribution is 7.54. The van der Waals surface area contributed by atoms with Gasteiger partial charge in [0.15, 0.2) is 0 Å². The van der Waals surface area contributed by atoms with Crippen molar-refractivity contribution in [2.75, 3.05) is 0 Å². The van der Waals surface area contributed by atoms with E-state index in [1.54, 1.807) is 0 Å². The minimum absolute atomic E-state index is 0.173. The summed E-state index contributed by atoms with van der Waals surface area (Å²) in [5.74, 6) is 0. The molecule has 0 bridgehead atoms. The Balaban J connectivity index is 1.52. The molecular formula is C33H31N2O3P. The van der Waals surface area contributed by atoms with Crippen LogP contribution in [0.15, 0.2) is 109 Å². The third-order valence-corrected chi connectivity index (χ3v) is 9.32. The summed E-state index contributed by atoms with van der Waals surface area (Å²) in [6, 6.07) is 32.2. The lowest BCUT2D eigenvalue weighted by atomic mass is 10.0. The molecule has 0 unspecified atom stereocenters. The number of benzene rings is 4. The zero-order valence-corrected chi connectivity index (χ0v) is 23.0. The van der Waals surface area contributed by atoms with Gasteiger partial charge in [0.1, 0.15) is 5.66 Å². The first-order valence-corrected chi connectivity index (χ1v) is 14.7. The topological polar surface area (TPSA) is 67.1 Å². The summed E-state index contributed by atoms with van der Waals surface area (Å²) in [5.41, 5.74) is 7.27. The molecule has 5 nitrogen and oxygen atoms in total. The number of rotatable bonds is 9. The summed E-state index contributed by atoms with van der Waals surface area (Å²) >= 11 is 0. The van der Waals surface area contributed by atoms with E-state index in [-0.39, 0.29) is 13.2 Å². The second-order valence-corrected chi connectivity index (χ2v) is 12.2. The molecule has 196 valence electrons. The van der Waals surface area contributed by atoms with Crippen LogP contribution in [0.3, 0.4) is 0 Å². The third kappa shape index (κ3) is 5.22. The SMILES string of the molecule is Cc1ccc2c(C(c3c[nH]c4cc(C)ccc34)P(=O)(OCc3ccccc3)OCc3ccccc3)c[nH]c2c1.